The summed E-state index contributed by atoms with van der Waals surface area (Å²) in [5, 5.41) is 8.95. The van der Waals surface area contributed by atoms with Gasteiger partial charge in [-0.3, -0.25) is 4.79 Å². The molecule has 0 spiro atoms. The third-order valence-corrected chi connectivity index (χ3v) is 3.68. The number of hydrogen-bond acceptors (Lipinski definition) is 2. The van der Waals surface area contributed by atoms with Gasteiger partial charge in [-0.2, -0.15) is 0 Å². The predicted molar refractivity (Wildman–Crippen MR) is 74.7 cm³/mol. The first-order chi connectivity index (χ1) is 8.86. The van der Waals surface area contributed by atoms with E-state index in [-0.39, 0.29) is 17.8 Å². The Morgan fingerprint density at radius 3 is 2.79 bits per heavy atom. The molecule has 0 aromatic heterocycles. The average Bonchev–Trinajstić information content (AvgIpc) is 2.47. The highest BCUT2D eigenvalue weighted by Crippen LogP contribution is 2.32. The summed E-state index contributed by atoms with van der Waals surface area (Å²) in [6, 6.07) is 6.31. The molecular formula is C16H22O3. The standard InChI is InChI=1S/C16H22O3/c1-16(2,3)13-4-5-14-12(10-13)8-11(6-7-19-14)9-15(17)18/h4-5,10-11H,6-9H2,1-3H3,(H,17,18). The molecule has 0 radical (unpaired) electrons. The van der Waals surface area contributed by atoms with E-state index in [9.17, 15) is 4.79 Å². The molecule has 3 heteroatoms. The SMILES string of the molecule is CC(C)(C)c1ccc2c(c1)CC(CC(=O)O)CCO2. The van der Waals surface area contributed by atoms with Gasteiger partial charge in [-0.05, 0) is 41.4 Å². The molecule has 1 heterocycles. The van der Waals surface area contributed by atoms with Gasteiger partial charge in [-0.1, -0.05) is 32.9 Å². The number of rotatable bonds is 2. The van der Waals surface area contributed by atoms with Crippen molar-refractivity contribution >= 4 is 5.97 Å². The van der Waals surface area contributed by atoms with E-state index in [0.29, 0.717) is 6.61 Å². The van der Waals surface area contributed by atoms with Gasteiger partial charge in [-0.25, -0.2) is 0 Å². The largest absolute Gasteiger partial charge is 0.493 e. The second kappa shape index (κ2) is 5.24. The molecule has 0 amide bonds. The van der Waals surface area contributed by atoms with Crippen LogP contribution in [0.25, 0.3) is 0 Å². The number of hydrogen-bond donors (Lipinski definition) is 1. The molecule has 1 aliphatic heterocycles. The molecule has 19 heavy (non-hydrogen) atoms. The molecule has 0 saturated carbocycles. The van der Waals surface area contributed by atoms with Crippen molar-refractivity contribution < 1.29 is 14.6 Å². The minimum absolute atomic E-state index is 0.101. The molecule has 1 atom stereocenters. The van der Waals surface area contributed by atoms with Gasteiger partial charge in [-0.15, -0.1) is 0 Å². The zero-order valence-corrected chi connectivity index (χ0v) is 11.9. The quantitative estimate of drug-likeness (QED) is 0.888. The third-order valence-electron chi connectivity index (χ3n) is 3.68. The molecule has 1 aliphatic rings. The first kappa shape index (κ1) is 13.9. The average molecular weight is 262 g/mol. The Bertz CT molecular complexity index is 471. The van der Waals surface area contributed by atoms with Crippen LogP contribution in [0.1, 0.15) is 44.7 Å². The van der Waals surface area contributed by atoms with E-state index in [2.05, 4.69) is 32.9 Å². The van der Waals surface area contributed by atoms with Gasteiger partial charge in [0.1, 0.15) is 5.75 Å². The summed E-state index contributed by atoms with van der Waals surface area (Å²) in [4.78, 5) is 10.9. The zero-order chi connectivity index (χ0) is 14.0. The lowest BCUT2D eigenvalue weighted by atomic mass is 9.84. The molecule has 2 rings (SSSR count). The Kier molecular flexibility index (Phi) is 3.83. The number of carbonyl (C=O) groups is 1. The lowest BCUT2D eigenvalue weighted by molar-refractivity contribution is -0.138. The fraction of sp³-hybridized carbons (Fsp3) is 0.562. The molecule has 0 bridgehead atoms. The molecule has 0 saturated heterocycles. The van der Waals surface area contributed by atoms with Gasteiger partial charge in [0, 0.05) is 6.42 Å². The van der Waals surface area contributed by atoms with Crippen LogP contribution in [0.5, 0.6) is 5.75 Å². The minimum Gasteiger partial charge on any atom is -0.493 e. The van der Waals surface area contributed by atoms with Crippen LogP contribution in [0.4, 0.5) is 0 Å². The fourth-order valence-corrected chi connectivity index (χ4v) is 2.52. The number of aliphatic carboxylic acids is 1. The fourth-order valence-electron chi connectivity index (χ4n) is 2.52. The van der Waals surface area contributed by atoms with Gasteiger partial charge in [0.15, 0.2) is 0 Å². The molecule has 1 aromatic rings. The van der Waals surface area contributed by atoms with E-state index < -0.39 is 5.97 Å². The Balaban J connectivity index is 2.26. The maximum atomic E-state index is 10.9. The smallest absolute Gasteiger partial charge is 0.303 e. The summed E-state index contributed by atoms with van der Waals surface area (Å²) < 4.78 is 5.73. The molecule has 104 valence electrons. The maximum absolute atomic E-state index is 10.9. The topological polar surface area (TPSA) is 46.5 Å². The molecular weight excluding hydrogens is 240 g/mol. The summed E-state index contributed by atoms with van der Waals surface area (Å²) in [5.41, 5.74) is 2.52. The van der Waals surface area contributed by atoms with Crippen LogP contribution in [0.3, 0.4) is 0 Å². The van der Waals surface area contributed by atoms with Crippen molar-refractivity contribution in [1.29, 1.82) is 0 Å². The minimum atomic E-state index is -0.722. The number of carboxylic acid groups (broad SMARTS) is 1. The van der Waals surface area contributed by atoms with Crippen molar-refractivity contribution in [3.63, 3.8) is 0 Å². The van der Waals surface area contributed by atoms with Crippen LogP contribution in [-0.2, 0) is 16.6 Å². The van der Waals surface area contributed by atoms with Crippen LogP contribution in [0.15, 0.2) is 18.2 Å². The van der Waals surface area contributed by atoms with Crippen molar-refractivity contribution in [2.75, 3.05) is 6.61 Å². The molecule has 1 unspecified atom stereocenters. The third kappa shape index (κ3) is 3.49. The first-order valence-corrected chi connectivity index (χ1v) is 6.84. The van der Waals surface area contributed by atoms with Crippen molar-refractivity contribution in [2.45, 2.75) is 45.4 Å². The van der Waals surface area contributed by atoms with E-state index in [1.807, 2.05) is 6.07 Å². The summed E-state index contributed by atoms with van der Waals surface area (Å²) in [5.74, 6) is 0.371. The van der Waals surface area contributed by atoms with E-state index in [1.54, 1.807) is 0 Å². The monoisotopic (exact) mass is 262 g/mol. The van der Waals surface area contributed by atoms with Crippen LogP contribution < -0.4 is 4.74 Å². The Morgan fingerprint density at radius 1 is 1.42 bits per heavy atom. The van der Waals surface area contributed by atoms with Crippen LogP contribution in [0, 0.1) is 5.92 Å². The van der Waals surface area contributed by atoms with Gasteiger partial charge in [0.25, 0.3) is 0 Å². The molecule has 1 N–H and O–H groups in total. The number of fused-ring (bicyclic) bond motifs is 1. The normalized spacial score (nSPS) is 19.2. The number of ether oxygens (including phenoxy) is 1. The lowest BCUT2D eigenvalue weighted by Crippen LogP contribution is -2.13. The second-order valence-corrected chi connectivity index (χ2v) is 6.38. The van der Waals surface area contributed by atoms with Gasteiger partial charge >= 0.3 is 5.97 Å². The van der Waals surface area contributed by atoms with E-state index in [0.717, 1.165) is 24.2 Å². The van der Waals surface area contributed by atoms with Crippen LogP contribution in [0.2, 0.25) is 0 Å². The van der Waals surface area contributed by atoms with Crippen molar-refractivity contribution in [3.05, 3.63) is 29.3 Å². The Labute approximate surface area is 114 Å². The van der Waals surface area contributed by atoms with Crippen molar-refractivity contribution in [3.8, 4) is 5.75 Å². The lowest BCUT2D eigenvalue weighted by Gasteiger charge is -2.21. The second-order valence-electron chi connectivity index (χ2n) is 6.38. The highest BCUT2D eigenvalue weighted by molar-refractivity contribution is 5.67. The molecule has 3 nitrogen and oxygen atoms in total. The molecule has 1 aromatic carbocycles. The van der Waals surface area contributed by atoms with E-state index >= 15 is 0 Å². The van der Waals surface area contributed by atoms with Crippen molar-refractivity contribution in [2.24, 2.45) is 5.92 Å². The first-order valence-electron chi connectivity index (χ1n) is 6.84. The van der Waals surface area contributed by atoms with Crippen molar-refractivity contribution in [1.82, 2.24) is 0 Å². The Morgan fingerprint density at radius 2 is 2.16 bits per heavy atom. The number of carboxylic acids is 1. The molecule has 0 aliphatic carbocycles. The maximum Gasteiger partial charge on any atom is 0.303 e. The summed E-state index contributed by atoms with van der Waals surface area (Å²) in [6.07, 6.45) is 1.83. The summed E-state index contributed by atoms with van der Waals surface area (Å²) in [7, 11) is 0. The van der Waals surface area contributed by atoms with Gasteiger partial charge in [0.2, 0.25) is 0 Å². The summed E-state index contributed by atoms with van der Waals surface area (Å²) in [6.45, 7) is 7.16. The van der Waals surface area contributed by atoms with Crippen LogP contribution >= 0.6 is 0 Å². The zero-order valence-electron chi connectivity index (χ0n) is 11.9. The van der Waals surface area contributed by atoms with Crippen LogP contribution in [-0.4, -0.2) is 17.7 Å². The molecule has 0 fully saturated rings. The Hall–Kier alpha value is -1.51. The van der Waals surface area contributed by atoms with E-state index in [4.69, 9.17) is 9.84 Å². The summed E-state index contributed by atoms with van der Waals surface area (Å²) >= 11 is 0. The van der Waals surface area contributed by atoms with E-state index in [1.165, 1.54) is 5.56 Å². The number of benzene rings is 1. The van der Waals surface area contributed by atoms with Gasteiger partial charge < -0.3 is 9.84 Å². The highest BCUT2D eigenvalue weighted by Gasteiger charge is 2.22. The van der Waals surface area contributed by atoms with Gasteiger partial charge in [0.05, 0.1) is 6.61 Å². The predicted octanol–water partition coefficient (Wildman–Crippen LogP) is 3.40. The highest BCUT2D eigenvalue weighted by atomic mass is 16.5.